The van der Waals surface area contributed by atoms with E-state index >= 15 is 0 Å². The van der Waals surface area contributed by atoms with Crippen molar-refractivity contribution in [2.75, 3.05) is 20.6 Å². The lowest BCUT2D eigenvalue weighted by Crippen LogP contribution is -2.34. The van der Waals surface area contributed by atoms with Gasteiger partial charge in [0.2, 0.25) is 10.0 Å². The molecule has 1 atom stereocenters. The first-order valence-electron chi connectivity index (χ1n) is 9.00. The zero-order chi connectivity index (χ0) is 20.8. The molecule has 4 aromatic rings. The van der Waals surface area contributed by atoms with Gasteiger partial charge in [-0.3, -0.25) is 4.57 Å². The van der Waals surface area contributed by atoms with Crippen LogP contribution in [0.4, 0.5) is 0 Å². The quantitative estimate of drug-likeness (QED) is 0.507. The molecule has 4 rings (SSSR count). The second-order valence-corrected chi connectivity index (χ2v) is 9.75. The molecule has 0 bridgehead atoms. The number of aryl methyl sites for hydroxylation is 1. The van der Waals surface area contributed by atoms with Crippen molar-refractivity contribution in [1.82, 2.24) is 14.2 Å². The zero-order valence-electron chi connectivity index (χ0n) is 16.2. The molecule has 0 amide bonds. The molecule has 0 aliphatic heterocycles. The number of nitrogens with one attached hydrogen (secondary N) is 1. The fourth-order valence-corrected chi connectivity index (χ4v) is 5.44. The molecule has 29 heavy (non-hydrogen) atoms. The van der Waals surface area contributed by atoms with Crippen molar-refractivity contribution in [3.8, 4) is 0 Å². The normalized spacial score (nSPS) is 13.5. The van der Waals surface area contributed by atoms with Crippen LogP contribution in [0.25, 0.3) is 21.2 Å². The smallest absolute Gasteiger partial charge is 0.408 e. The van der Waals surface area contributed by atoms with E-state index in [2.05, 4.69) is 22.2 Å². The van der Waals surface area contributed by atoms with Crippen molar-refractivity contribution in [1.29, 1.82) is 0 Å². The highest BCUT2D eigenvalue weighted by Crippen LogP contribution is 2.32. The molecule has 0 saturated carbocycles. The Morgan fingerprint density at radius 2 is 1.97 bits per heavy atom. The first kappa shape index (κ1) is 19.8. The van der Waals surface area contributed by atoms with Crippen LogP contribution >= 0.6 is 11.3 Å². The van der Waals surface area contributed by atoms with Crippen LogP contribution in [-0.2, 0) is 17.1 Å². The fraction of sp³-hybridized carbons (Fsp3) is 0.250. The zero-order valence-corrected chi connectivity index (χ0v) is 17.9. The molecule has 0 aliphatic rings. The number of oxazole rings is 1. The van der Waals surface area contributed by atoms with Gasteiger partial charge < -0.3 is 9.32 Å². The van der Waals surface area contributed by atoms with Crippen molar-refractivity contribution in [2.45, 2.75) is 10.9 Å². The van der Waals surface area contributed by atoms with Crippen molar-refractivity contribution < 1.29 is 12.8 Å². The van der Waals surface area contributed by atoms with Crippen molar-refractivity contribution in [2.24, 2.45) is 7.05 Å². The Kier molecular flexibility index (Phi) is 5.07. The lowest BCUT2D eigenvalue weighted by Gasteiger charge is -2.24. The fourth-order valence-electron chi connectivity index (χ4n) is 3.37. The molecule has 1 N–H and O–H groups in total. The Morgan fingerprint density at radius 1 is 1.21 bits per heavy atom. The molecule has 7 nitrogen and oxygen atoms in total. The third kappa shape index (κ3) is 3.62. The van der Waals surface area contributed by atoms with Crippen LogP contribution in [0.1, 0.15) is 11.6 Å². The Morgan fingerprint density at radius 3 is 2.72 bits per heavy atom. The monoisotopic (exact) mass is 431 g/mol. The first-order valence-corrected chi connectivity index (χ1v) is 11.4. The van der Waals surface area contributed by atoms with E-state index in [0.29, 0.717) is 11.1 Å². The molecule has 2 heterocycles. The molecule has 0 radical (unpaired) electrons. The van der Waals surface area contributed by atoms with Gasteiger partial charge >= 0.3 is 5.76 Å². The van der Waals surface area contributed by atoms with E-state index in [1.54, 1.807) is 18.4 Å². The van der Waals surface area contributed by atoms with Gasteiger partial charge in [0.15, 0.2) is 5.58 Å². The van der Waals surface area contributed by atoms with E-state index in [1.807, 2.05) is 31.1 Å². The summed E-state index contributed by atoms with van der Waals surface area (Å²) in [5.74, 6) is -0.528. The summed E-state index contributed by atoms with van der Waals surface area (Å²) >= 11 is 1.65. The highest BCUT2D eigenvalue weighted by Gasteiger charge is 2.23. The Bertz CT molecular complexity index is 1350. The van der Waals surface area contributed by atoms with E-state index in [9.17, 15) is 13.2 Å². The minimum absolute atomic E-state index is 0.0917. The average Bonchev–Trinajstić information content (AvgIpc) is 3.23. The van der Waals surface area contributed by atoms with Gasteiger partial charge in [-0.1, -0.05) is 18.2 Å². The van der Waals surface area contributed by atoms with Gasteiger partial charge in [0.25, 0.3) is 0 Å². The maximum absolute atomic E-state index is 12.9. The number of hydrogen-bond acceptors (Lipinski definition) is 6. The Labute approximate surface area is 172 Å². The number of benzene rings is 2. The number of hydrogen-bond donors (Lipinski definition) is 1. The second kappa shape index (κ2) is 7.42. The molecule has 0 spiro atoms. The maximum Gasteiger partial charge on any atom is 0.419 e. The summed E-state index contributed by atoms with van der Waals surface area (Å²) < 4.78 is 36.1. The van der Waals surface area contributed by atoms with Gasteiger partial charge in [-0.05, 0) is 54.7 Å². The number of fused-ring (bicyclic) bond motifs is 2. The van der Waals surface area contributed by atoms with E-state index in [1.165, 1.54) is 27.5 Å². The molecular weight excluding hydrogens is 410 g/mol. The number of aromatic nitrogens is 1. The first-order chi connectivity index (χ1) is 13.8. The van der Waals surface area contributed by atoms with E-state index in [-0.39, 0.29) is 17.5 Å². The topological polar surface area (TPSA) is 84.6 Å². The van der Waals surface area contributed by atoms with Crippen molar-refractivity contribution in [3.63, 3.8) is 0 Å². The van der Waals surface area contributed by atoms with Gasteiger partial charge in [0.05, 0.1) is 10.4 Å². The lowest BCUT2D eigenvalue weighted by atomic mass is 10.1. The van der Waals surface area contributed by atoms with Crippen LogP contribution < -0.4 is 10.5 Å². The molecular formula is C20H21N3O4S2. The lowest BCUT2D eigenvalue weighted by molar-refractivity contribution is 0.301. The van der Waals surface area contributed by atoms with Gasteiger partial charge in [0, 0.05) is 24.3 Å². The van der Waals surface area contributed by atoms with Gasteiger partial charge in [0.1, 0.15) is 0 Å². The molecule has 0 fully saturated rings. The third-order valence-electron chi connectivity index (χ3n) is 5.03. The summed E-state index contributed by atoms with van der Waals surface area (Å²) in [6.07, 6.45) is 0. The predicted molar refractivity (Wildman–Crippen MR) is 115 cm³/mol. The van der Waals surface area contributed by atoms with Crippen molar-refractivity contribution in [3.05, 3.63) is 64.0 Å². The second-order valence-electron chi connectivity index (χ2n) is 7.08. The molecule has 152 valence electrons. The van der Waals surface area contributed by atoms with Crippen LogP contribution in [0.3, 0.4) is 0 Å². The maximum atomic E-state index is 12.9. The standard InChI is InChI=1S/C20H21N3O4S2/c1-22(2)17(15-12-28-19-7-5-4-6-14(15)19)11-21-29(25,26)13-8-9-18-16(10-13)23(3)20(24)27-18/h4-10,12,17,21H,11H2,1-3H3. The van der Waals surface area contributed by atoms with Crippen molar-refractivity contribution >= 4 is 42.5 Å². The minimum Gasteiger partial charge on any atom is -0.408 e. The number of likely N-dealkylation sites (N-methyl/N-ethyl adjacent to an activating group) is 1. The van der Waals surface area contributed by atoms with Gasteiger partial charge in [-0.15, -0.1) is 11.3 Å². The Balaban J connectivity index is 1.63. The van der Waals surface area contributed by atoms with Gasteiger partial charge in [-0.25, -0.2) is 17.9 Å². The molecule has 2 aromatic carbocycles. The average molecular weight is 432 g/mol. The highest BCUT2D eigenvalue weighted by molar-refractivity contribution is 7.89. The molecule has 0 saturated heterocycles. The third-order valence-corrected chi connectivity index (χ3v) is 7.44. The summed E-state index contributed by atoms with van der Waals surface area (Å²) in [7, 11) is 1.64. The van der Waals surface area contributed by atoms with Crippen LogP contribution in [0.2, 0.25) is 0 Å². The van der Waals surface area contributed by atoms with E-state index < -0.39 is 15.8 Å². The number of rotatable bonds is 6. The molecule has 0 aliphatic carbocycles. The Hall–Kier alpha value is -2.46. The largest absolute Gasteiger partial charge is 0.419 e. The summed E-state index contributed by atoms with van der Waals surface area (Å²) in [4.78, 5) is 13.7. The van der Waals surface area contributed by atoms with E-state index in [0.717, 1.165) is 10.9 Å². The minimum atomic E-state index is -3.76. The summed E-state index contributed by atoms with van der Waals surface area (Å²) in [5, 5.41) is 3.21. The van der Waals surface area contributed by atoms with Crippen LogP contribution in [0, 0.1) is 0 Å². The molecule has 2 aromatic heterocycles. The number of nitrogens with zero attached hydrogens (tertiary/aromatic N) is 2. The predicted octanol–water partition coefficient (Wildman–Crippen LogP) is 2.93. The number of sulfonamides is 1. The van der Waals surface area contributed by atoms with Crippen LogP contribution in [-0.4, -0.2) is 38.5 Å². The van der Waals surface area contributed by atoms with Gasteiger partial charge in [-0.2, -0.15) is 0 Å². The van der Waals surface area contributed by atoms with E-state index in [4.69, 9.17) is 4.42 Å². The molecule has 1 unspecified atom stereocenters. The SMILES string of the molecule is CN(C)C(CNS(=O)(=O)c1ccc2oc(=O)n(C)c2c1)c1csc2ccccc12. The summed E-state index contributed by atoms with van der Waals surface area (Å²) in [6.45, 7) is 0.221. The highest BCUT2D eigenvalue weighted by atomic mass is 32.2. The molecule has 9 heteroatoms. The van der Waals surface area contributed by atoms with Crippen LogP contribution in [0.15, 0.2) is 62.0 Å². The van der Waals surface area contributed by atoms with Crippen LogP contribution in [0.5, 0.6) is 0 Å². The summed E-state index contributed by atoms with van der Waals surface area (Å²) in [6, 6.07) is 12.4. The number of thiophene rings is 1. The summed E-state index contributed by atoms with van der Waals surface area (Å²) in [5.41, 5.74) is 1.88.